The molecule has 26 heavy (non-hydrogen) atoms. The SMILES string of the molecule is C[C@@H](Cc1ccc(O[Si](C)(C)C(C)(C)C)cc1)N(C)Cc1ccccc1. The molecule has 0 heterocycles. The van der Waals surface area contributed by atoms with Gasteiger partial charge in [0.15, 0.2) is 0 Å². The van der Waals surface area contributed by atoms with Crippen LogP contribution in [0, 0.1) is 0 Å². The van der Waals surface area contributed by atoms with Crippen molar-refractivity contribution in [3.05, 3.63) is 65.7 Å². The van der Waals surface area contributed by atoms with Gasteiger partial charge in [0.05, 0.1) is 0 Å². The van der Waals surface area contributed by atoms with Crippen LogP contribution in [0.3, 0.4) is 0 Å². The molecule has 0 bridgehead atoms. The topological polar surface area (TPSA) is 12.5 Å². The van der Waals surface area contributed by atoms with Crippen LogP contribution in [0.15, 0.2) is 54.6 Å². The Bertz CT molecular complexity index is 674. The van der Waals surface area contributed by atoms with Crippen LogP contribution in [0.25, 0.3) is 0 Å². The lowest BCUT2D eigenvalue weighted by Gasteiger charge is -2.36. The molecule has 142 valence electrons. The summed E-state index contributed by atoms with van der Waals surface area (Å²) in [6.45, 7) is 14.7. The van der Waals surface area contributed by atoms with E-state index in [1.807, 2.05) is 0 Å². The summed E-state index contributed by atoms with van der Waals surface area (Å²) in [5.41, 5.74) is 2.72. The number of rotatable bonds is 7. The van der Waals surface area contributed by atoms with Gasteiger partial charge in [-0.1, -0.05) is 63.2 Å². The van der Waals surface area contributed by atoms with Crippen LogP contribution in [0.5, 0.6) is 5.75 Å². The molecule has 0 saturated heterocycles. The van der Waals surface area contributed by atoms with Crippen LogP contribution < -0.4 is 4.43 Å². The van der Waals surface area contributed by atoms with Gasteiger partial charge in [-0.05, 0) is 61.8 Å². The van der Waals surface area contributed by atoms with Crippen molar-refractivity contribution in [1.82, 2.24) is 4.90 Å². The van der Waals surface area contributed by atoms with Gasteiger partial charge in [0.2, 0.25) is 8.32 Å². The van der Waals surface area contributed by atoms with Crippen LogP contribution in [0.4, 0.5) is 0 Å². The predicted octanol–water partition coefficient (Wildman–Crippen LogP) is 6.13. The molecule has 3 heteroatoms. The van der Waals surface area contributed by atoms with Gasteiger partial charge in [0.1, 0.15) is 5.75 Å². The van der Waals surface area contributed by atoms with Gasteiger partial charge < -0.3 is 4.43 Å². The summed E-state index contributed by atoms with van der Waals surface area (Å²) in [7, 11) is 0.436. The van der Waals surface area contributed by atoms with E-state index < -0.39 is 8.32 Å². The molecule has 0 saturated carbocycles. The summed E-state index contributed by atoms with van der Waals surface area (Å²) in [6.07, 6.45) is 1.05. The molecule has 2 rings (SSSR count). The fraction of sp³-hybridized carbons (Fsp3) is 0.478. The Hall–Kier alpha value is -1.58. The van der Waals surface area contributed by atoms with Crippen LogP contribution in [0.1, 0.15) is 38.8 Å². The van der Waals surface area contributed by atoms with E-state index in [1.54, 1.807) is 0 Å². The molecule has 0 aromatic heterocycles. The monoisotopic (exact) mass is 369 g/mol. The van der Waals surface area contributed by atoms with Gasteiger partial charge in [-0.3, -0.25) is 4.90 Å². The number of hydrogen-bond donors (Lipinski definition) is 0. The maximum atomic E-state index is 6.38. The van der Waals surface area contributed by atoms with Crippen LogP contribution >= 0.6 is 0 Å². The van der Waals surface area contributed by atoms with Crippen molar-refractivity contribution in [3.8, 4) is 5.75 Å². The second kappa shape index (κ2) is 8.41. The molecule has 0 N–H and O–H groups in total. The second-order valence-corrected chi connectivity index (χ2v) is 13.7. The Morgan fingerprint density at radius 3 is 2.04 bits per heavy atom. The lowest BCUT2D eigenvalue weighted by Crippen LogP contribution is -2.43. The standard InChI is InChI=1S/C23H35NOSi/c1-19(24(5)18-21-11-9-8-10-12-21)17-20-13-15-22(16-14-20)25-26(6,7)23(2,3)4/h8-16,19H,17-18H2,1-7H3/t19-/m0/s1. The summed E-state index contributed by atoms with van der Waals surface area (Å²) in [5.74, 6) is 1.01. The molecule has 2 nitrogen and oxygen atoms in total. The lowest BCUT2D eigenvalue weighted by atomic mass is 10.1. The highest BCUT2D eigenvalue weighted by atomic mass is 28.4. The summed E-state index contributed by atoms with van der Waals surface area (Å²) >= 11 is 0. The fourth-order valence-electron chi connectivity index (χ4n) is 2.67. The fourth-order valence-corrected chi connectivity index (χ4v) is 3.70. The maximum absolute atomic E-state index is 6.38. The third-order valence-electron chi connectivity index (χ3n) is 5.66. The average Bonchev–Trinajstić information content (AvgIpc) is 2.56. The van der Waals surface area contributed by atoms with Crippen molar-refractivity contribution in [3.63, 3.8) is 0 Å². The summed E-state index contributed by atoms with van der Waals surface area (Å²) in [6, 6.07) is 19.9. The largest absolute Gasteiger partial charge is 0.544 e. The number of nitrogens with zero attached hydrogens (tertiary/aromatic N) is 1. The Labute approximate surface area is 161 Å². The van der Waals surface area contributed by atoms with Crippen LogP contribution in [-0.4, -0.2) is 26.3 Å². The highest BCUT2D eigenvalue weighted by Crippen LogP contribution is 2.37. The molecule has 2 aromatic rings. The molecule has 0 amide bonds. The van der Waals surface area contributed by atoms with Gasteiger partial charge in [0.25, 0.3) is 0 Å². The van der Waals surface area contributed by atoms with E-state index in [2.05, 4.69) is 107 Å². The van der Waals surface area contributed by atoms with Crippen molar-refractivity contribution in [2.75, 3.05) is 7.05 Å². The molecular weight excluding hydrogens is 334 g/mol. The predicted molar refractivity (Wildman–Crippen MR) is 115 cm³/mol. The zero-order valence-electron chi connectivity index (χ0n) is 17.5. The van der Waals surface area contributed by atoms with E-state index in [-0.39, 0.29) is 5.04 Å². The lowest BCUT2D eigenvalue weighted by molar-refractivity contribution is 0.248. The zero-order valence-corrected chi connectivity index (χ0v) is 18.5. The molecule has 0 fully saturated rings. The maximum Gasteiger partial charge on any atom is 0.250 e. The molecule has 0 aliphatic carbocycles. The summed E-state index contributed by atoms with van der Waals surface area (Å²) < 4.78 is 6.38. The normalized spacial score (nSPS) is 13.7. The third-order valence-corrected chi connectivity index (χ3v) is 10.0. The molecule has 0 spiro atoms. The molecule has 0 radical (unpaired) electrons. The molecule has 2 aromatic carbocycles. The van der Waals surface area contributed by atoms with E-state index in [0.29, 0.717) is 6.04 Å². The van der Waals surface area contributed by atoms with Crippen molar-refractivity contribution in [2.24, 2.45) is 0 Å². The first kappa shape index (κ1) is 20.7. The number of benzene rings is 2. The zero-order chi connectivity index (χ0) is 19.4. The minimum absolute atomic E-state index is 0.223. The highest BCUT2D eigenvalue weighted by Gasteiger charge is 2.38. The van der Waals surface area contributed by atoms with E-state index in [4.69, 9.17) is 4.43 Å². The molecule has 1 atom stereocenters. The Morgan fingerprint density at radius 2 is 1.50 bits per heavy atom. The number of hydrogen-bond acceptors (Lipinski definition) is 2. The first-order valence-corrected chi connectivity index (χ1v) is 12.5. The van der Waals surface area contributed by atoms with Crippen molar-refractivity contribution in [1.29, 1.82) is 0 Å². The van der Waals surface area contributed by atoms with Crippen LogP contribution in [0.2, 0.25) is 18.1 Å². The quantitative estimate of drug-likeness (QED) is 0.544. The number of likely N-dealkylation sites (N-methyl/N-ethyl adjacent to an activating group) is 1. The van der Waals surface area contributed by atoms with E-state index >= 15 is 0 Å². The van der Waals surface area contributed by atoms with E-state index in [0.717, 1.165) is 18.7 Å². The molecule has 0 aliphatic rings. The van der Waals surface area contributed by atoms with Crippen LogP contribution in [-0.2, 0) is 13.0 Å². The van der Waals surface area contributed by atoms with Crippen molar-refractivity contribution < 1.29 is 4.43 Å². The second-order valence-electron chi connectivity index (χ2n) is 8.96. The van der Waals surface area contributed by atoms with Gasteiger partial charge in [-0.25, -0.2) is 0 Å². The van der Waals surface area contributed by atoms with Gasteiger partial charge in [-0.2, -0.15) is 0 Å². The third kappa shape index (κ3) is 5.71. The molecule has 0 aliphatic heterocycles. The average molecular weight is 370 g/mol. The molecule has 0 unspecified atom stereocenters. The van der Waals surface area contributed by atoms with Gasteiger partial charge in [-0.15, -0.1) is 0 Å². The van der Waals surface area contributed by atoms with Crippen molar-refractivity contribution in [2.45, 2.75) is 64.8 Å². The first-order valence-electron chi connectivity index (χ1n) is 9.60. The Morgan fingerprint density at radius 1 is 0.923 bits per heavy atom. The summed E-state index contributed by atoms with van der Waals surface area (Å²) in [5, 5.41) is 0.223. The van der Waals surface area contributed by atoms with Crippen molar-refractivity contribution >= 4 is 8.32 Å². The Kier molecular flexibility index (Phi) is 6.70. The van der Waals surface area contributed by atoms with E-state index in [1.165, 1.54) is 11.1 Å². The minimum atomic E-state index is -1.76. The molecular formula is C23H35NOSi. The highest BCUT2D eigenvalue weighted by molar-refractivity contribution is 6.74. The summed E-state index contributed by atoms with van der Waals surface area (Å²) in [4.78, 5) is 2.41. The van der Waals surface area contributed by atoms with E-state index in [9.17, 15) is 0 Å². The smallest absolute Gasteiger partial charge is 0.250 e. The minimum Gasteiger partial charge on any atom is -0.544 e. The van der Waals surface area contributed by atoms with Gasteiger partial charge >= 0.3 is 0 Å². The van der Waals surface area contributed by atoms with Gasteiger partial charge in [0, 0.05) is 12.6 Å². The Balaban J connectivity index is 1.94. The first-order chi connectivity index (χ1) is 12.1.